The number of hydrogen-bond acceptors (Lipinski definition) is 3. The maximum Gasteiger partial charge on any atom is 0.144 e. The van der Waals surface area contributed by atoms with E-state index < -0.39 is 0 Å². The highest BCUT2D eigenvalue weighted by Crippen LogP contribution is 2.65. The van der Waals surface area contributed by atoms with Gasteiger partial charge in [0.25, 0.3) is 0 Å². The third-order valence-corrected chi connectivity index (χ3v) is 27.9. The summed E-state index contributed by atoms with van der Waals surface area (Å²) in [6.45, 7) is 31.2. The molecule has 0 atom stereocenters. The van der Waals surface area contributed by atoms with Gasteiger partial charge in [0.05, 0.1) is 0 Å². The van der Waals surface area contributed by atoms with Crippen molar-refractivity contribution in [2.24, 2.45) is 0 Å². The van der Waals surface area contributed by atoms with Gasteiger partial charge in [-0.25, -0.2) is 0 Å². The monoisotopic (exact) mass is 1460 g/mol. The van der Waals surface area contributed by atoms with Gasteiger partial charge in [0, 0.05) is 76.8 Å². The summed E-state index contributed by atoms with van der Waals surface area (Å²) in [6, 6.07) is 93.8. The van der Waals surface area contributed by atoms with Gasteiger partial charge in [0.1, 0.15) is 22.3 Å². The van der Waals surface area contributed by atoms with E-state index in [0.29, 0.717) is 0 Å². The second-order valence-electron chi connectivity index (χ2n) is 36.9. The van der Waals surface area contributed by atoms with E-state index in [4.69, 9.17) is 8.83 Å². The van der Waals surface area contributed by atoms with E-state index in [-0.39, 0.29) is 32.5 Å². The smallest absolute Gasteiger partial charge is 0.144 e. The first kappa shape index (κ1) is 70.4. The predicted molar refractivity (Wildman–Crippen MR) is 474 cm³/mol. The highest BCUT2D eigenvalue weighted by Gasteiger charge is 2.50. The van der Waals surface area contributed by atoms with Crippen molar-refractivity contribution in [3.8, 4) is 89.0 Å². The number of nitrogens with zero attached hydrogens (tertiary/aromatic N) is 1. The predicted octanol–water partition coefficient (Wildman–Crippen LogP) is 31.5. The number of hydrogen-bond donors (Lipinski definition) is 0. The summed E-state index contributed by atoms with van der Waals surface area (Å²) in [5.74, 6) is 0. The number of benzene rings is 13. The molecule has 0 fully saturated rings. The van der Waals surface area contributed by atoms with Crippen LogP contribution < -0.4 is 4.90 Å². The van der Waals surface area contributed by atoms with Crippen molar-refractivity contribution in [3.05, 3.63) is 304 Å². The lowest BCUT2D eigenvalue weighted by atomic mass is 9.70. The largest absolute Gasteiger partial charge is 0.455 e. The third-order valence-electron chi connectivity index (χ3n) is 27.9. The van der Waals surface area contributed by atoms with Crippen LogP contribution in [0.2, 0.25) is 0 Å². The van der Waals surface area contributed by atoms with Crippen LogP contribution in [0.1, 0.15) is 228 Å². The SMILES string of the molecule is CCCCCCCC1(CCCCCCC)c2ccccc2-c2ccc(-c3ccc4c(c3)C(C)(C)c3cc(-c5ccc(-c6cc7c(c8c6oc6ccccc68)-c6ccc(N(c8ccc(C(C)(C)C)cc8)c8ccc9c(c8)C(C)(C)c8c%10c(c%11oc%12ccccc%12c%11c8-9)-c8ccccc8C%10(C)C)cc6C7(C)C)cc5)ccc3-4)cc21. The molecule has 0 radical (unpaired) electrons. The molecule has 20 rings (SSSR count). The van der Waals surface area contributed by atoms with E-state index in [0.717, 1.165) is 55.9 Å². The minimum Gasteiger partial charge on any atom is -0.455 e. The molecule has 5 aliphatic rings. The van der Waals surface area contributed by atoms with Gasteiger partial charge in [-0.1, -0.05) is 324 Å². The summed E-state index contributed by atoms with van der Waals surface area (Å²) in [5, 5.41) is 4.71. The average Bonchev–Trinajstić information content (AvgIpc) is 1.51. The number of rotatable bonds is 18. The molecule has 0 saturated carbocycles. The molecule has 0 N–H and O–H groups in total. The van der Waals surface area contributed by atoms with E-state index in [2.05, 4.69) is 338 Å². The topological polar surface area (TPSA) is 29.5 Å². The van der Waals surface area contributed by atoms with Crippen molar-refractivity contribution in [3.63, 3.8) is 0 Å². The summed E-state index contributed by atoms with van der Waals surface area (Å²) >= 11 is 0. The van der Waals surface area contributed by atoms with Crippen LogP contribution in [-0.4, -0.2) is 0 Å². The molecule has 3 nitrogen and oxygen atoms in total. The van der Waals surface area contributed by atoms with Crippen LogP contribution in [0.25, 0.3) is 133 Å². The van der Waals surface area contributed by atoms with Crippen LogP contribution in [0.4, 0.5) is 17.1 Å². The van der Waals surface area contributed by atoms with Crippen LogP contribution >= 0.6 is 0 Å². The van der Waals surface area contributed by atoms with Crippen molar-refractivity contribution in [1.29, 1.82) is 0 Å². The fourth-order valence-corrected chi connectivity index (χ4v) is 22.0. The van der Waals surface area contributed by atoms with Gasteiger partial charge in [0.15, 0.2) is 0 Å². The van der Waals surface area contributed by atoms with E-state index in [1.807, 2.05) is 0 Å². The summed E-state index contributed by atoms with van der Waals surface area (Å²) in [6.07, 6.45) is 15.5. The number of para-hydroxylation sites is 2. The van der Waals surface area contributed by atoms with Crippen LogP contribution in [0.15, 0.2) is 251 Å². The normalized spacial score (nSPS) is 15.6. The Morgan fingerprint density at radius 2 is 0.705 bits per heavy atom. The molecule has 0 saturated heterocycles. The summed E-state index contributed by atoms with van der Waals surface area (Å²) in [5.41, 5.74) is 41.9. The maximum absolute atomic E-state index is 7.16. The molecule has 0 amide bonds. The zero-order valence-corrected chi connectivity index (χ0v) is 67.8. The molecule has 0 aliphatic heterocycles. The molecular weight excluding hydrogens is 1360 g/mol. The molecule has 2 heterocycles. The van der Waals surface area contributed by atoms with Gasteiger partial charge in [-0.2, -0.15) is 0 Å². The standard InChI is InChI=1S/C109H103NO2/c1-14-16-18-20-30-58-109(59-31-21-19-17-15-2)86-37-27-22-32-75(86)78-55-46-70(62-91(78)109)69-45-54-77-76-53-44-68(60-87(76)105(6,7)88(77)61-69)66-40-42-67(43-41-66)84-65-92-95(97-82-34-24-28-38-93(82)111-102(84)97)80-56-51-73(63-89(80)106(92,8)9)110(72-49-47-71(48-50-72)104(3,4)5)74-52-57-81-90(64-74)108(12,13)100-96(81)98-83-35-25-29-39-94(83)112-103(98)99-79-33-23-26-36-85(79)107(10,11)101(99)100/h22-29,32-57,60-65H,14-21,30-31,58-59H2,1-13H3. The number of anilines is 3. The van der Waals surface area contributed by atoms with Crippen molar-refractivity contribution in [1.82, 2.24) is 0 Å². The minimum absolute atomic E-state index is 0.00993. The zero-order chi connectivity index (χ0) is 76.7. The van der Waals surface area contributed by atoms with Gasteiger partial charge >= 0.3 is 0 Å². The molecule has 2 aromatic heterocycles. The lowest BCUT2D eigenvalue weighted by molar-refractivity contribution is 0.399. The second kappa shape index (κ2) is 25.6. The van der Waals surface area contributed by atoms with Gasteiger partial charge in [-0.3, -0.25) is 0 Å². The van der Waals surface area contributed by atoms with Gasteiger partial charge in [0.2, 0.25) is 0 Å². The first-order valence-corrected chi connectivity index (χ1v) is 42.1. The number of unbranched alkanes of at least 4 members (excludes halogenated alkanes) is 8. The molecule has 15 aromatic rings. The quantitative estimate of drug-likeness (QED) is 0.0802. The Labute approximate surface area is 662 Å². The Morgan fingerprint density at radius 1 is 0.295 bits per heavy atom. The van der Waals surface area contributed by atoms with Crippen molar-refractivity contribution < 1.29 is 8.83 Å². The van der Waals surface area contributed by atoms with Gasteiger partial charge in [-0.15, -0.1) is 0 Å². The van der Waals surface area contributed by atoms with Crippen LogP contribution in [0, 0.1) is 0 Å². The van der Waals surface area contributed by atoms with Crippen LogP contribution in [0.5, 0.6) is 0 Å². The Morgan fingerprint density at radius 3 is 1.30 bits per heavy atom. The molecule has 5 aliphatic carbocycles. The van der Waals surface area contributed by atoms with Gasteiger partial charge in [-0.05, 0) is 230 Å². The molecule has 13 aromatic carbocycles. The van der Waals surface area contributed by atoms with E-state index in [1.165, 1.54) is 221 Å². The second-order valence-corrected chi connectivity index (χ2v) is 36.9. The Kier molecular flexibility index (Phi) is 16.1. The number of furan rings is 2. The fraction of sp³-hybridized carbons (Fsp3) is 0.284. The van der Waals surface area contributed by atoms with Gasteiger partial charge < -0.3 is 13.7 Å². The zero-order valence-electron chi connectivity index (χ0n) is 67.8. The van der Waals surface area contributed by atoms with Crippen molar-refractivity contribution >= 4 is 60.9 Å². The maximum atomic E-state index is 7.16. The third kappa shape index (κ3) is 10.4. The molecule has 0 spiro atoms. The molecule has 112 heavy (non-hydrogen) atoms. The van der Waals surface area contributed by atoms with Crippen LogP contribution in [0.3, 0.4) is 0 Å². The van der Waals surface area contributed by atoms with Crippen LogP contribution in [-0.2, 0) is 32.5 Å². The van der Waals surface area contributed by atoms with Crippen molar-refractivity contribution in [2.75, 3.05) is 4.90 Å². The summed E-state index contributed by atoms with van der Waals surface area (Å²) in [4.78, 5) is 2.52. The molecule has 0 unspecified atom stereocenters. The summed E-state index contributed by atoms with van der Waals surface area (Å²) < 4.78 is 14.2. The Balaban J connectivity index is 0.643. The highest BCUT2D eigenvalue weighted by molar-refractivity contribution is 6.22. The molecular formula is C109H103NO2. The van der Waals surface area contributed by atoms with E-state index in [9.17, 15) is 0 Å². The molecule has 3 heteroatoms. The Bertz CT molecular complexity index is 6370. The molecule has 556 valence electrons. The highest BCUT2D eigenvalue weighted by atomic mass is 16.3. The molecule has 0 bridgehead atoms. The van der Waals surface area contributed by atoms with Crippen molar-refractivity contribution in [2.45, 2.75) is 200 Å². The first-order chi connectivity index (χ1) is 54.1. The lowest BCUT2D eigenvalue weighted by Gasteiger charge is -2.33. The van der Waals surface area contributed by atoms with E-state index >= 15 is 0 Å². The minimum atomic E-state index is -0.385. The Hall–Kier alpha value is -10.7. The average molecular weight is 1460 g/mol. The lowest BCUT2D eigenvalue weighted by Crippen LogP contribution is -2.25. The number of fused-ring (bicyclic) bond motifs is 25. The fourth-order valence-electron chi connectivity index (χ4n) is 22.0. The first-order valence-electron chi connectivity index (χ1n) is 42.1. The van der Waals surface area contributed by atoms with E-state index in [1.54, 1.807) is 11.1 Å². The summed E-state index contributed by atoms with van der Waals surface area (Å²) in [7, 11) is 0.